The summed E-state index contributed by atoms with van der Waals surface area (Å²) in [5, 5.41) is 11.9. The maximum atomic E-state index is 12.2. The first-order chi connectivity index (χ1) is 9.01. The molecule has 1 unspecified atom stereocenters. The Bertz CT molecular complexity index is 316. The summed E-state index contributed by atoms with van der Waals surface area (Å²) in [5.41, 5.74) is 0. The van der Waals surface area contributed by atoms with Crippen LogP contribution in [0.5, 0.6) is 0 Å². The molecule has 0 bridgehead atoms. The number of carboxylic acids is 1. The summed E-state index contributed by atoms with van der Waals surface area (Å²) < 4.78 is 10.1. The first-order valence-electron chi connectivity index (χ1n) is 6.60. The highest BCUT2D eigenvalue weighted by molar-refractivity contribution is 5.85. The van der Waals surface area contributed by atoms with Gasteiger partial charge in [0.15, 0.2) is 6.29 Å². The lowest BCUT2D eigenvalue weighted by Crippen LogP contribution is -2.48. The van der Waals surface area contributed by atoms with Gasteiger partial charge in [-0.25, -0.2) is 0 Å². The largest absolute Gasteiger partial charge is 0.481 e. The van der Waals surface area contributed by atoms with Crippen molar-refractivity contribution in [2.75, 3.05) is 14.2 Å². The molecule has 0 aromatic rings. The monoisotopic (exact) mass is 273 g/mol. The molecular formula is C13H23NO5. The Balaban J connectivity index is 2.62. The normalized spacial score (nSPS) is 25.1. The summed E-state index contributed by atoms with van der Waals surface area (Å²) in [6.07, 6.45) is 2.43. The van der Waals surface area contributed by atoms with Crippen LogP contribution in [0.2, 0.25) is 0 Å². The highest BCUT2D eigenvalue weighted by Gasteiger charge is 2.36. The minimum atomic E-state index is -0.887. The lowest BCUT2D eigenvalue weighted by Gasteiger charge is -2.30. The summed E-state index contributed by atoms with van der Waals surface area (Å²) >= 11 is 0. The van der Waals surface area contributed by atoms with Crippen molar-refractivity contribution in [1.82, 2.24) is 5.32 Å². The molecule has 0 heterocycles. The SMILES string of the molecule is COC(OC)C(C)NC(=O)[C@@H]1CCCC[C@@H]1C(=O)O. The smallest absolute Gasteiger partial charge is 0.307 e. The van der Waals surface area contributed by atoms with E-state index in [1.165, 1.54) is 14.2 Å². The molecule has 6 heteroatoms. The van der Waals surface area contributed by atoms with E-state index in [4.69, 9.17) is 14.6 Å². The molecule has 1 fully saturated rings. The summed E-state index contributed by atoms with van der Waals surface area (Å²) in [6.45, 7) is 1.77. The second kappa shape index (κ2) is 7.45. The summed E-state index contributed by atoms with van der Waals surface area (Å²) in [4.78, 5) is 23.3. The molecule has 0 aliphatic heterocycles. The van der Waals surface area contributed by atoms with Crippen molar-refractivity contribution >= 4 is 11.9 Å². The number of nitrogens with one attached hydrogen (secondary N) is 1. The fraction of sp³-hybridized carbons (Fsp3) is 0.846. The highest BCUT2D eigenvalue weighted by Crippen LogP contribution is 2.30. The number of methoxy groups -OCH3 is 2. The van der Waals surface area contributed by atoms with Crippen LogP contribution in [0.1, 0.15) is 32.6 Å². The number of aliphatic carboxylic acids is 1. The van der Waals surface area contributed by atoms with E-state index in [0.29, 0.717) is 12.8 Å². The molecular weight excluding hydrogens is 250 g/mol. The van der Waals surface area contributed by atoms with Gasteiger partial charge < -0.3 is 19.9 Å². The van der Waals surface area contributed by atoms with Crippen LogP contribution in [0.15, 0.2) is 0 Å². The van der Waals surface area contributed by atoms with Crippen LogP contribution in [-0.4, -0.2) is 43.5 Å². The van der Waals surface area contributed by atoms with Crippen molar-refractivity contribution in [3.63, 3.8) is 0 Å². The molecule has 0 aromatic carbocycles. The maximum Gasteiger partial charge on any atom is 0.307 e. The predicted molar refractivity (Wildman–Crippen MR) is 68.5 cm³/mol. The van der Waals surface area contributed by atoms with E-state index in [9.17, 15) is 9.59 Å². The number of amides is 1. The molecule has 2 N–H and O–H groups in total. The average molecular weight is 273 g/mol. The van der Waals surface area contributed by atoms with Crippen molar-refractivity contribution in [2.24, 2.45) is 11.8 Å². The van der Waals surface area contributed by atoms with Gasteiger partial charge in [0.05, 0.1) is 17.9 Å². The van der Waals surface area contributed by atoms with Crippen LogP contribution < -0.4 is 5.32 Å². The molecule has 0 radical (unpaired) electrons. The van der Waals surface area contributed by atoms with Gasteiger partial charge in [0.25, 0.3) is 0 Å². The van der Waals surface area contributed by atoms with Gasteiger partial charge in [-0.05, 0) is 19.8 Å². The van der Waals surface area contributed by atoms with Crippen LogP contribution in [0.25, 0.3) is 0 Å². The van der Waals surface area contributed by atoms with E-state index in [0.717, 1.165) is 12.8 Å². The third-order valence-corrected chi connectivity index (χ3v) is 3.66. The number of rotatable bonds is 6. The van der Waals surface area contributed by atoms with Gasteiger partial charge in [-0.1, -0.05) is 12.8 Å². The van der Waals surface area contributed by atoms with Crippen LogP contribution >= 0.6 is 0 Å². The van der Waals surface area contributed by atoms with Crippen molar-refractivity contribution in [2.45, 2.75) is 44.9 Å². The molecule has 1 aliphatic rings. The van der Waals surface area contributed by atoms with Crippen LogP contribution in [0, 0.1) is 11.8 Å². The Kier molecular flexibility index (Phi) is 6.24. The highest BCUT2D eigenvalue weighted by atomic mass is 16.7. The molecule has 0 saturated heterocycles. The maximum absolute atomic E-state index is 12.2. The molecule has 1 amide bonds. The van der Waals surface area contributed by atoms with E-state index in [-0.39, 0.29) is 11.9 Å². The van der Waals surface area contributed by atoms with E-state index < -0.39 is 24.1 Å². The molecule has 0 aromatic heterocycles. The quantitative estimate of drug-likeness (QED) is 0.705. The molecule has 110 valence electrons. The molecule has 1 rings (SSSR count). The van der Waals surface area contributed by atoms with Gasteiger partial charge in [0, 0.05) is 14.2 Å². The van der Waals surface area contributed by atoms with Gasteiger partial charge >= 0.3 is 5.97 Å². The topological polar surface area (TPSA) is 84.9 Å². The zero-order valence-electron chi connectivity index (χ0n) is 11.7. The van der Waals surface area contributed by atoms with Gasteiger partial charge in [-0.15, -0.1) is 0 Å². The van der Waals surface area contributed by atoms with Crippen LogP contribution in [0.3, 0.4) is 0 Å². The first-order valence-corrected chi connectivity index (χ1v) is 6.60. The average Bonchev–Trinajstić information content (AvgIpc) is 2.40. The zero-order valence-corrected chi connectivity index (χ0v) is 11.7. The number of hydrogen-bond donors (Lipinski definition) is 2. The predicted octanol–water partition coefficient (Wildman–Crippen LogP) is 1.00. The molecule has 0 spiro atoms. The fourth-order valence-electron chi connectivity index (χ4n) is 2.64. The second-order valence-corrected chi connectivity index (χ2v) is 4.97. The number of ether oxygens (including phenoxy) is 2. The standard InChI is InChI=1S/C13H23NO5/c1-8(13(18-2)19-3)14-11(15)9-6-4-5-7-10(9)12(16)17/h8-10,13H,4-7H2,1-3H3,(H,14,15)(H,16,17)/t8?,9-,10+/m1/s1. The molecule has 1 aliphatic carbocycles. The molecule has 3 atom stereocenters. The Hall–Kier alpha value is -1.14. The second-order valence-electron chi connectivity index (χ2n) is 4.97. The van der Waals surface area contributed by atoms with E-state index >= 15 is 0 Å². The third-order valence-electron chi connectivity index (χ3n) is 3.66. The van der Waals surface area contributed by atoms with Gasteiger partial charge in [-0.2, -0.15) is 0 Å². The molecule has 1 saturated carbocycles. The van der Waals surface area contributed by atoms with Crippen LogP contribution in [-0.2, 0) is 19.1 Å². The Morgan fingerprint density at radius 3 is 2.16 bits per heavy atom. The minimum absolute atomic E-state index is 0.223. The number of carbonyl (C=O) groups is 2. The first kappa shape index (κ1) is 15.9. The summed E-state index contributed by atoms with van der Waals surface area (Å²) in [5.74, 6) is -2.14. The number of carboxylic acid groups (broad SMARTS) is 1. The van der Waals surface area contributed by atoms with E-state index in [2.05, 4.69) is 5.32 Å². The zero-order chi connectivity index (χ0) is 14.4. The van der Waals surface area contributed by atoms with Crippen LogP contribution in [0.4, 0.5) is 0 Å². The Labute approximate surface area is 113 Å². The van der Waals surface area contributed by atoms with Crippen molar-refractivity contribution in [3.8, 4) is 0 Å². The summed E-state index contributed by atoms with van der Waals surface area (Å²) in [7, 11) is 3.00. The van der Waals surface area contributed by atoms with Crippen molar-refractivity contribution in [3.05, 3.63) is 0 Å². The van der Waals surface area contributed by atoms with E-state index in [1.54, 1.807) is 6.92 Å². The number of carbonyl (C=O) groups excluding carboxylic acids is 1. The Morgan fingerprint density at radius 2 is 1.68 bits per heavy atom. The molecule has 19 heavy (non-hydrogen) atoms. The lowest BCUT2D eigenvalue weighted by molar-refractivity contribution is -0.151. The van der Waals surface area contributed by atoms with Crippen molar-refractivity contribution in [1.29, 1.82) is 0 Å². The third kappa shape index (κ3) is 4.18. The van der Waals surface area contributed by atoms with E-state index in [1.807, 2.05) is 0 Å². The van der Waals surface area contributed by atoms with Crippen molar-refractivity contribution < 1.29 is 24.2 Å². The fourth-order valence-corrected chi connectivity index (χ4v) is 2.64. The minimum Gasteiger partial charge on any atom is -0.481 e. The van der Waals surface area contributed by atoms with Gasteiger partial charge in [0.2, 0.25) is 5.91 Å². The molecule has 6 nitrogen and oxygen atoms in total. The van der Waals surface area contributed by atoms with Gasteiger partial charge in [-0.3, -0.25) is 9.59 Å². The number of hydrogen-bond acceptors (Lipinski definition) is 4. The van der Waals surface area contributed by atoms with Gasteiger partial charge in [0.1, 0.15) is 0 Å². The summed E-state index contributed by atoms with van der Waals surface area (Å²) in [6, 6.07) is -0.320. The lowest BCUT2D eigenvalue weighted by atomic mass is 9.78. The Morgan fingerprint density at radius 1 is 1.16 bits per heavy atom.